The Bertz CT molecular complexity index is 1280. The lowest BCUT2D eigenvalue weighted by Crippen LogP contribution is -2.53. The number of nitrogens with one attached hydrogen (secondary N) is 3. The fourth-order valence-electron chi connectivity index (χ4n) is 5.63. The lowest BCUT2D eigenvalue weighted by molar-refractivity contribution is -0.134. The summed E-state index contributed by atoms with van der Waals surface area (Å²) < 4.78 is 11.5. The summed E-state index contributed by atoms with van der Waals surface area (Å²) in [6.45, 7) is 8.01. The van der Waals surface area contributed by atoms with E-state index in [9.17, 15) is 9.59 Å². The first-order valence-corrected chi connectivity index (χ1v) is 13.3. The molecular weight excluding hydrogens is 468 g/mol. The minimum absolute atomic E-state index is 0.138. The van der Waals surface area contributed by atoms with Gasteiger partial charge in [-0.2, -0.15) is 0 Å². The zero-order valence-corrected chi connectivity index (χ0v) is 21.8. The van der Waals surface area contributed by atoms with Gasteiger partial charge in [0.05, 0.1) is 23.1 Å². The summed E-state index contributed by atoms with van der Waals surface area (Å²) in [6, 6.07) is 13.7. The van der Waals surface area contributed by atoms with E-state index in [2.05, 4.69) is 40.7 Å². The normalized spacial score (nSPS) is 21.5. The van der Waals surface area contributed by atoms with Crippen molar-refractivity contribution in [1.29, 1.82) is 0 Å². The van der Waals surface area contributed by atoms with Gasteiger partial charge in [0.15, 0.2) is 0 Å². The number of hydrogen-bond donors (Lipinski definition) is 3. The second-order valence-corrected chi connectivity index (χ2v) is 10.3. The molecule has 1 unspecified atom stereocenters. The molecule has 3 heterocycles. The fraction of sp³-hybridized carbons (Fsp3) is 0.483. The number of fused-ring (bicyclic) bond motifs is 2. The Balaban J connectivity index is 1.42. The van der Waals surface area contributed by atoms with Crippen molar-refractivity contribution < 1.29 is 19.1 Å². The van der Waals surface area contributed by atoms with Crippen molar-refractivity contribution in [2.75, 3.05) is 26.4 Å². The molecule has 3 N–H and O–H groups in total. The van der Waals surface area contributed by atoms with Crippen molar-refractivity contribution in [1.82, 2.24) is 20.6 Å². The lowest BCUT2D eigenvalue weighted by Gasteiger charge is -2.37. The molecule has 0 radical (unpaired) electrons. The van der Waals surface area contributed by atoms with Crippen LogP contribution in [0.15, 0.2) is 42.5 Å². The van der Waals surface area contributed by atoms with E-state index in [-0.39, 0.29) is 11.8 Å². The number of H-pyrrole nitrogens is 1. The molecule has 0 bridgehead atoms. The molecule has 37 heavy (non-hydrogen) atoms. The van der Waals surface area contributed by atoms with E-state index in [1.165, 1.54) is 5.56 Å². The SMILES string of the molecule is CCNC(=O)[C@@H](C)NC(=O)C1(c2ccc3nc(C[C@H]4c5ccccc5OCC4C)[nH]c3c2)CCOCC1. The van der Waals surface area contributed by atoms with Gasteiger partial charge < -0.3 is 25.1 Å². The quantitative estimate of drug-likeness (QED) is 0.456. The number of para-hydroxylation sites is 1. The first-order valence-electron chi connectivity index (χ1n) is 13.3. The summed E-state index contributed by atoms with van der Waals surface area (Å²) >= 11 is 0. The van der Waals surface area contributed by atoms with Gasteiger partial charge in [0.25, 0.3) is 0 Å². The number of ether oxygens (including phenoxy) is 2. The van der Waals surface area contributed by atoms with Gasteiger partial charge in [-0.25, -0.2) is 4.98 Å². The maximum atomic E-state index is 13.6. The van der Waals surface area contributed by atoms with Gasteiger partial charge in [0, 0.05) is 32.1 Å². The average Bonchev–Trinajstić information content (AvgIpc) is 3.32. The maximum absolute atomic E-state index is 13.6. The van der Waals surface area contributed by atoms with Crippen molar-refractivity contribution >= 4 is 22.8 Å². The number of imidazole rings is 1. The molecule has 0 saturated carbocycles. The molecule has 0 aliphatic carbocycles. The highest BCUT2D eigenvalue weighted by atomic mass is 16.5. The third kappa shape index (κ3) is 4.94. The molecule has 3 aromatic rings. The van der Waals surface area contributed by atoms with Crippen LogP contribution in [0.3, 0.4) is 0 Å². The molecule has 1 fully saturated rings. The third-order valence-corrected chi connectivity index (χ3v) is 7.88. The van der Waals surface area contributed by atoms with Gasteiger partial charge in [-0.3, -0.25) is 9.59 Å². The number of amides is 2. The lowest BCUT2D eigenvalue weighted by atomic mass is 9.73. The predicted octanol–water partition coefficient (Wildman–Crippen LogP) is 3.61. The van der Waals surface area contributed by atoms with Crippen LogP contribution in [0.5, 0.6) is 5.75 Å². The first kappa shape index (κ1) is 25.3. The smallest absolute Gasteiger partial charge is 0.242 e. The molecule has 5 rings (SSSR count). The second kappa shape index (κ2) is 10.5. The Morgan fingerprint density at radius 2 is 1.97 bits per heavy atom. The Morgan fingerprint density at radius 1 is 1.19 bits per heavy atom. The van der Waals surface area contributed by atoms with Crippen LogP contribution in [0.1, 0.15) is 56.5 Å². The van der Waals surface area contributed by atoms with Gasteiger partial charge in [0.2, 0.25) is 11.8 Å². The molecule has 196 valence electrons. The van der Waals surface area contributed by atoms with E-state index < -0.39 is 11.5 Å². The minimum Gasteiger partial charge on any atom is -0.493 e. The largest absolute Gasteiger partial charge is 0.493 e. The van der Waals surface area contributed by atoms with Gasteiger partial charge in [0.1, 0.15) is 17.6 Å². The monoisotopic (exact) mass is 504 g/mol. The van der Waals surface area contributed by atoms with E-state index in [1.807, 2.05) is 31.2 Å². The minimum atomic E-state index is -0.757. The molecule has 2 aliphatic rings. The van der Waals surface area contributed by atoms with E-state index in [1.54, 1.807) is 6.92 Å². The highest BCUT2D eigenvalue weighted by Gasteiger charge is 2.43. The number of carbonyl (C=O) groups is 2. The number of rotatable bonds is 7. The molecule has 0 spiro atoms. The van der Waals surface area contributed by atoms with Crippen molar-refractivity contribution in [3.8, 4) is 5.75 Å². The molecule has 3 atom stereocenters. The Hall–Kier alpha value is -3.39. The molecule has 2 aliphatic heterocycles. The highest BCUT2D eigenvalue weighted by Crippen LogP contribution is 2.39. The van der Waals surface area contributed by atoms with Crippen LogP contribution in [-0.2, 0) is 26.2 Å². The van der Waals surface area contributed by atoms with E-state index >= 15 is 0 Å². The van der Waals surface area contributed by atoms with Crippen LogP contribution >= 0.6 is 0 Å². The topological polar surface area (TPSA) is 105 Å². The van der Waals surface area contributed by atoms with Gasteiger partial charge in [-0.05, 0) is 61.9 Å². The molecule has 8 nitrogen and oxygen atoms in total. The molecule has 1 saturated heterocycles. The van der Waals surface area contributed by atoms with Crippen molar-refractivity contribution in [3.05, 3.63) is 59.4 Å². The highest BCUT2D eigenvalue weighted by molar-refractivity contribution is 5.94. The van der Waals surface area contributed by atoms with E-state index in [4.69, 9.17) is 14.5 Å². The number of hydrogen-bond acceptors (Lipinski definition) is 5. The molecule has 2 aromatic carbocycles. The first-order chi connectivity index (χ1) is 17.9. The predicted molar refractivity (Wildman–Crippen MR) is 142 cm³/mol. The van der Waals surface area contributed by atoms with Crippen molar-refractivity contribution in [2.45, 2.75) is 57.4 Å². The number of benzene rings is 2. The Kier molecular flexibility index (Phi) is 7.20. The number of aromatic amines is 1. The van der Waals surface area contributed by atoms with E-state index in [0.717, 1.165) is 34.6 Å². The van der Waals surface area contributed by atoms with Gasteiger partial charge in [-0.15, -0.1) is 0 Å². The standard InChI is InChI=1S/C29H36N4O4/c1-4-30-27(34)19(3)31-28(35)29(11-13-36-14-12-29)20-9-10-23-24(15-20)33-26(32-23)16-22-18(2)17-37-25-8-6-5-7-21(22)25/h5-10,15,18-19,22H,4,11-14,16-17H2,1-3H3,(H,30,34)(H,31,35)(H,32,33)/t18?,19-,22-/m1/s1. The van der Waals surface area contributed by atoms with Gasteiger partial charge >= 0.3 is 0 Å². The fourth-order valence-corrected chi connectivity index (χ4v) is 5.63. The van der Waals surface area contributed by atoms with Crippen LogP contribution in [0.25, 0.3) is 11.0 Å². The van der Waals surface area contributed by atoms with Crippen LogP contribution < -0.4 is 15.4 Å². The maximum Gasteiger partial charge on any atom is 0.242 e. The Morgan fingerprint density at radius 3 is 2.76 bits per heavy atom. The Labute approximate surface area is 217 Å². The van der Waals surface area contributed by atoms with Crippen LogP contribution in [0.2, 0.25) is 0 Å². The summed E-state index contributed by atoms with van der Waals surface area (Å²) in [5, 5.41) is 5.73. The summed E-state index contributed by atoms with van der Waals surface area (Å²) in [4.78, 5) is 34.3. The van der Waals surface area contributed by atoms with Crippen LogP contribution in [-0.4, -0.2) is 54.2 Å². The third-order valence-electron chi connectivity index (χ3n) is 7.88. The summed E-state index contributed by atoms with van der Waals surface area (Å²) in [7, 11) is 0. The number of likely N-dealkylation sites (N-methyl/N-ethyl adjacent to an activating group) is 1. The second-order valence-electron chi connectivity index (χ2n) is 10.3. The summed E-state index contributed by atoms with van der Waals surface area (Å²) in [6.07, 6.45) is 1.91. The van der Waals surface area contributed by atoms with Crippen molar-refractivity contribution in [3.63, 3.8) is 0 Å². The zero-order valence-electron chi connectivity index (χ0n) is 21.8. The molecular formula is C29H36N4O4. The molecule has 1 aromatic heterocycles. The number of carbonyl (C=O) groups excluding carboxylic acids is 2. The molecule has 8 heteroatoms. The number of nitrogens with zero attached hydrogens (tertiary/aromatic N) is 1. The van der Waals surface area contributed by atoms with Crippen LogP contribution in [0.4, 0.5) is 0 Å². The van der Waals surface area contributed by atoms with Gasteiger partial charge in [-0.1, -0.05) is 31.2 Å². The number of aromatic nitrogens is 2. The molecule has 2 amide bonds. The summed E-state index contributed by atoms with van der Waals surface area (Å²) in [5.74, 6) is 2.25. The van der Waals surface area contributed by atoms with Crippen molar-refractivity contribution in [2.24, 2.45) is 5.92 Å². The summed E-state index contributed by atoms with van der Waals surface area (Å²) in [5.41, 5.74) is 3.18. The average molecular weight is 505 g/mol. The van der Waals surface area contributed by atoms with Crippen LogP contribution in [0, 0.1) is 5.92 Å². The zero-order chi connectivity index (χ0) is 26.0. The van der Waals surface area contributed by atoms with E-state index in [0.29, 0.717) is 51.0 Å².